The van der Waals surface area contributed by atoms with Gasteiger partial charge in [0.05, 0.1) is 31.5 Å². The van der Waals surface area contributed by atoms with Crippen molar-refractivity contribution in [1.82, 2.24) is 0 Å². The Bertz CT molecular complexity index is 1130. The van der Waals surface area contributed by atoms with E-state index in [0.717, 1.165) is 0 Å². The van der Waals surface area contributed by atoms with Crippen LogP contribution < -0.4 is 9.47 Å². The molecule has 2 rings (SSSR count). The summed E-state index contributed by atoms with van der Waals surface area (Å²) in [7, 11) is -7.35. The van der Waals surface area contributed by atoms with Gasteiger partial charge in [-0.2, -0.15) is 0 Å². The van der Waals surface area contributed by atoms with Gasteiger partial charge in [0.1, 0.15) is 31.2 Å². The fraction of sp³-hybridized carbons (Fsp3) is 0.400. The van der Waals surface area contributed by atoms with Crippen molar-refractivity contribution in [2.45, 2.75) is 28.9 Å². The van der Waals surface area contributed by atoms with Crippen LogP contribution in [-0.2, 0) is 19.7 Å². The molecule has 0 fully saturated rings. The average Bonchev–Trinajstić information content (AvgIpc) is 2.76. The third-order valence-corrected chi connectivity index (χ3v) is 8.78. The van der Waals surface area contributed by atoms with Gasteiger partial charge < -0.3 is 19.7 Å². The first-order valence-corrected chi connectivity index (χ1v) is 14.2. The van der Waals surface area contributed by atoms with E-state index >= 15 is 0 Å². The Balaban J connectivity index is 2.14. The second-order valence-corrected chi connectivity index (χ2v) is 12.4. The first-order chi connectivity index (χ1) is 15.4. The molecule has 2 aromatic carbocycles. The van der Waals surface area contributed by atoms with Crippen LogP contribution in [0.15, 0.2) is 46.2 Å². The number of benzene rings is 2. The van der Waals surface area contributed by atoms with Crippen molar-refractivity contribution in [3.8, 4) is 11.5 Å². The van der Waals surface area contributed by atoms with Crippen molar-refractivity contribution < 1.29 is 36.5 Å². The zero-order valence-corrected chi connectivity index (χ0v) is 21.3. The standard InChI is InChI=1S/C20H23Cl3O8S2/c1-2-32(26,27)12-14(25)11-30-15-3-5-16(6-4-15)33(28,29)17-7-18(22)20(19(23)8-17)31-10-13(24)9-21/h3-8,13-14,24-25H,2,9-12H2,1H3/t13-,14+/m0/s1. The molecule has 2 N–H and O–H groups in total. The lowest BCUT2D eigenvalue weighted by Crippen LogP contribution is -2.27. The van der Waals surface area contributed by atoms with Crippen molar-refractivity contribution in [1.29, 1.82) is 0 Å². The van der Waals surface area contributed by atoms with Gasteiger partial charge in [0, 0.05) is 5.75 Å². The van der Waals surface area contributed by atoms with Crippen molar-refractivity contribution >= 4 is 54.5 Å². The van der Waals surface area contributed by atoms with Gasteiger partial charge in [0.2, 0.25) is 9.84 Å². The van der Waals surface area contributed by atoms with Gasteiger partial charge in [-0.1, -0.05) is 30.1 Å². The summed E-state index contributed by atoms with van der Waals surface area (Å²) in [5.41, 5.74) is 0. The lowest BCUT2D eigenvalue weighted by molar-refractivity contribution is 0.125. The highest BCUT2D eigenvalue weighted by Gasteiger charge is 2.22. The normalized spacial score (nSPS) is 14.0. The number of hydrogen-bond donors (Lipinski definition) is 2. The van der Waals surface area contributed by atoms with Crippen molar-refractivity contribution in [2.75, 3.05) is 30.6 Å². The molecule has 0 radical (unpaired) electrons. The van der Waals surface area contributed by atoms with Gasteiger partial charge in [0.25, 0.3) is 0 Å². The molecular weight excluding hydrogens is 539 g/mol. The molecular formula is C20H23Cl3O8S2. The Morgan fingerprint density at radius 2 is 1.42 bits per heavy atom. The Kier molecular flexibility index (Phi) is 10.1. The predicted molar refractivity (Wildman–Crippen MR) is 126 cm³/mol. The maximum Gasteiger partial charge on any atom is 0.206 e. The van der Waals surface area contributed by atoms with Gasteiger partial charge in [-0.05, 0) is 36.4 Å². The second kappa shape index (κ2) is 11.9. The first kappa shape index (κ1) is 28.0. The molecule has 2 atom stereocenters. The SMILES string of the molecule is CCS(=O)(=O)C[C@H](O)COc1ccc(S(=O)(=O)c2cc(Cl)c(OC[C@@H](O)CCl)c(Cl)c2)cc1. The minimum atomic E-state index is -3.99. The summed E-state index contributed by atoms with van der Waals surface area (Å²) >= 11 is 17.8. The molecule has 0 aromatic heterocycles. The highest BCUT2D eigenvalue weighted by molar-refractivity contribution is 7.91. The molecule has 0 spiro atoms. The molecule has 0 bridgehead atoms. The van der Waals surface area contributed by atoms with Gasteiger partial charge in [-0.15, -0.1) is 11.6 Å². The Labute approximate surface area is 207 Å². The van der Waals surface area contributed by atoms with E-state index in [1.54, 1.807) is 0 Å². The van der Waals surface area contributed by atoms with E-state index in [1.807, 2.05) is 0 Å². The number of aliphatic hydroxyl groups excluding tert-OH is 2. The van der Waals surface area contributed by atoms with E-state index < -0.39 is 37.6 Å². The molecule has 0 amide bonds. The minimum absolute atomic E-state index is 0.0221. The summed E-state index contributed by atoms with van der Waals surface area (Å²) in [5, 5.41) is 19.2. The smallest absolute Gasteiger partial charge is 0.206 e. The highest BCUT2D eigenvalue weighted by atomic mass is 35.5. The summed E-state index contributed by atoms with van der Waals surface area (Å²) in [6.45, 7) is 1.04. The molecule has 8 nitrogen and oxygen atoms in total. The van der Waals surface area contributed by atoms with Crippen LogP contribution in [0.3, 0.4) is 0 Å². The Morgan fingerprint density at radius 3 is 1.94 bits per heavy atom. The fourth-order valence-corrected chi connectivity index (χ4v) is 5.60. The molecule has 0 unspecified atom stereocenters. The number of ether oxygens (including phenoxy) is 2. The highest BCUT2D eigenvalue weighted by Crippen LogP contribution is 2.37. The lowest BCUT2D eigenvalue weighted by Gasteiger charge is -2.14. The number of alkyl halides is 1. The van der Waals surface area contributed by atoms with E-state index in [9.17, 15) is 27.0 Å². The molecule has 0 saturated heterocycles. The van der Waals surface area contributed by atoms with E-state index in [-0.39, 0.29) is 56.2 Å². The summed E-state index contributed by atoms with van der Waals surface area (Å²) in [4.78, 5) is -0.237. The van der Waals surface area contributed by atoms with Gasteiger partial charge >= 0.3 is 0 Å². The van der Waals surface area contributed by atoms with Crippen LogP contribution in [-0.4, -0.2) is 69.9 Å². The molecule has 0 aliphatic heterocycles. The van der Waals surface area contributed by atoms with Crippen molar-refractivity contribution in [3.63, 3.8) is 0 Å². The third-order valence-electron chi connectivity index (χ3n) is 4.34. The minimum Gasteiger partial charge on any atom is -0.491 e. The molecule has 13 heteroatoms. The second-order valence-electron chi connectivity index (χ2n) is 6.97. The van der Waals surface area contributed by atoms with Crippen molar-refractivity contribution in [3.05, 3.63) is 46.4 Å². The molecule has 184 valence electrons. The molecule has 0 aliphatic rings. The third kappa shape index (κ3) is 7.88. The quantitative estimate of drug-likeness (QED) is 0.379. The number of rotatable bonds is 12. The van der Waals surface area contributed by atoms with Gasteiger partial charge in [-0.3, -0.25) is 0 Å². The summed E-state index contributed by atoms with van der Waals surface area (Å²) in [6, 6.07) is 7.70. The molecule has 33 heavy (non-hydrogen) atoms. The zero-order valence-electron chi connectivity index (χ0n) is 17.4. The monoisotopic (exact) mass is 560 g/mol. The average molecular weight is 562 g/mol. The van der Waals surface area contributed by atoms with Gasteiger partial charge in [-0.25, -0.2) is 16.8 Å². The van der Waals surface area contributed by atoms with Crippen LogP contribution in [0.1, 0.15) is 6.92 Å². The van der Waals surface area contributed by atoms with Gasteiger partial charge in [0.15, 0.2) is 15.6 Å². The summed E-state index contributed by atoms with van der Waals surface area (Å²) in [6.07, 6.45) is -2.16. The van der Waals surface area contributed by atoms with E-state index in [2.05, 4.69) is 0 Å². The lowest BCUT2D eigenvalue weighted by atomic mass is 10.3. The van der Waals surface area contributed by atoms with Crippen LogP contribution in [0, 0.1) is 0 Å². The molecule has 0 saturated carbocycles. The molecule has 0 heterocycles. The van der Waals surface area contributed by atoms with Crippen LogP contribution in [0.4, 0.5) is 0 Å². The molecule has 2 aromatic rings. The van der Waals surface area contributed by atoms with Crippen LogP contribution in [0.25, 0.3) is 0 Å². The fourth-order valence-electron chi connectivity index (χ4n) is 2.56. The maximum absolute atomic E-state index is 13.0. The predicted octanol–water partition coefficient (Wildman–Crippen LogP) is 2.98. The van der Waals surface area contributed by atoms with E-state index in [1.165, 1.54) is 43.3 Å². The Morgan fingerprint density at radius 1 is 0.879 bits per heavy atom. The van der Waals surface area contributed by atoms with Crippen LogP contribution in [0.5, 0.6) is 11.5 Å². The van der Waals surface area contributed by atoms with Crippen molar-refractivity contribution in [2.24, 2.45) is 0 Å². The van der Waals surface area contributed by atoms with Crippen LogP contribution in [0.2, 0.25) is 10.0 Å². The number of hydrogen-bond acceptors (Lipinski definition) is 8. The Hall–Kier alpha value is -1.27. The number of aliphatic hydroxyl groups is 2. The zero-order chi connectivity index (χ0) is 24.8. The maximum atomic E-state index is 13.0. The van der Waals surface area contributed by atoms with E-state index in [0.29, 0.717) is 0 Å². The summed E-state index contributed by atoms with van der Waals surface area (Å²) < 4.78 is 59.7. The number of halogens is 3. The topological polar surface area (TPSA) is 127 Å². The largest absolute Gasteiger partial charge is 0.491 e. The molecule has 0 aliphatic carbocycles. The first-order valence-electron chi connectivity index (χ1n) is 9.62. The van der Waals surface area contributed by atoms with E-state index in [4.69, 9.17) is 44.3 Å². The number of sulfone groups is 2. The summed E-state index contributed by atoms with van der Waals surface area (Å²) in [5.74, 6) is -0.304. The van der Waals surface area contributed by atoms with Crippen LogP contribution >= 0.6 is 34.8 Å².